The van der Waals surface area contributed by atoms with Gasteiger partial charge in [-0.1, -0.05) is 13.8 Å². The van der Waals surface area contributed by atoms with Crippen LogP contribution in [0.25, 0.3) is 11.2 Å². The van der Waals surface area contributed by atoms with Crippen molar-refractivity contribution in [1.82, 2.24) is 19.5 Å². The fraction of sp³-hybridized carbons (Fsp3) is 0.571. The Kier molecular flexibility index (Phi) is 3.69. The number of fused-ring (bicyclic) bond motifs is 1. The SMILES string of the molecule is CC1CCC(n2cnc3c(=O)[nH]c(NC(=O)C(C)C)nc32)O1. The topological polar surface area (TPSA) is 102 Å². The molecule has 2 aromatic heterocycles. The molecule has 8 nitrogen and oxygen atoms in total. The average Bonchev–Trinajstić information content (AvgIpc) is 3.04. The number of carbonyl (C=O) groups excluding carboxylic acids is 1. The second-order valence-electron chi connectivity index (χ2n) is 5.86. The van der Waals surface area contributed by atoms with E-state index in [1.165, 1.54) is 0 Å². The van der Waals surface area contributed by atoms with Gasteiger partial charge in [-0.15, -0.1) is 0 Å². The molecule has 2 atom stereocenters. The Morgan fingerprint density at radius 3 is 2.91 bits per heavy atom. The van der Waals surface area contributed by atoms with Gasteiger partial charge in [-0.25, -0.2) is 4.98 Å². The van der Waals surface area contributed by atoms with Crippen LogP contribution in [0.15, 0.2) is 11.1 Å². The summed E-state index contributed by atoms with van der Waals surface area (Å²) in [7, 11) is 0. The highest BCUT2D eigenvalue weighted by molar-refractivity contribution is 5.91. The minimum atomic E-state index is -0.381. The zero-order chi connectivity index (χ0) is 15.9. The highest BCUT2D eigenvalue weighted by Gasteiger charge is 2.26. The summed E-state index contributed by atoms with van der Waals surface area (Å²) in [5, 5.41) is 2.60. The highest BCUT2D eigenvalue weighted by Crippen LogP contribution is 2.29. The molecular formula is C14H19N5O3. The molecule has 1 aliphatic heterocycles. The summed E-state index contributed by atoms with van der Waals surface area (Å²) in [4.78, 5) is 34.8. The standard InChI is InChI=1S/C14H19N5O3/c1-7(2)12(20)17-14-16-11-10(13(21)18-14)15-6-19(11)9-5-4-8(3)22-9/h6-9H,4-5H2,1-3H3,(H2,16,17,18,20,21). The third kappa shape index (κ3) is 2.61. The minimum Gasteiger partial charge on any atom is -0.355 e. The van der Waals surface area contributed by atoms with Crippen molar-refractivity contribution in [3.05, 3.63) is 16.7 Å². The third-order valence-electron chi connectivity index (χ3n) is 3.72. The lowest BCUT2D eigenvalue weighted by Gasteiger charge is -2.13. The molecule has 0 bridgehead atoms. The molecule has 118 valence electrons. The van der Waals surface area contributed by atoms with Crippen molar-refractivity contribution in [2.24, 2.45) is 5.92 Å². The van der Waals surface area contributed by atoms with Crippen LogP contribution < -0.4 is 10.9 Å². The number of nitrogens with one attached hydrogen (secondary N) is 2. The van der Waals surface area contributed by atoms with E-state index in [0.29, 0.717) is 5.65 Å². The molecule has 1 saturated heterocycles. The minimum absolute atomic E-state index is 0.129. The molecule has 2 aromatic rings. The largest absolute Gasteiger partial charge is 0.355 e. The second-order valence-corrected chi connectivity index (χ2v) is 5.86. The Morgan fingerprint density at radius 2 is 2.27 bits per heavy atom. The first-order chi connectivity index (χ1) is 10.5. The van der Waals surface area contributed by atoms with Crippen LogP contribution in [0.4, 0.5) is 5.95 Å². The molecule has 0 saturated carbocycles. The average molecular weight is 305 g/mol. The number of hydrogen-bond donors (Lipinski definition) is 2. The number of imidazole rings is 1. The van der Waals surface area contributed by atoms with Gasteiger partial charge in [0.15, 0.2) is 11.2 Å². The molecule has 2 unspecified atom stereocenters. The van der Waals surface area contributed by atoms with E-state index in [2.05, 4.69) is 20.3 Å². The number of H-pyrrole nitrogens is 1. The molecular weight excluding hydrogens is 286 g/mol. The van der Waals surface area contributed by atoms with Crippen LogP contribution in [-0.2, 0) is 9.53 Å². The lowest BCUT2D eigenvalue weighted by Crippen LogP contribution is -2.22. The first-order valence-corrected chi connectivity index (χ1v) is 7.39. The number of amides is 1. The number of hydrogen-bond acceptors (Lipinski definition) is 5. The van der Waals surface area contributed by atoms with Crippen LogP contribution in [0.2, 0.25) is 0 Å². The smallest absolute Gasteiger partial charge is 0.280 e. The third-order valence-corrected chi connectivity index (χ3v) is 3.72. The van der Waals surface area contributed by atoms with Crippen LogP contribution in [0.5, 0.6) is 0 Å². The number of aromatic nitrogens is 4. The summed E-state index contributed by atoms with van der Waals surface area (Å²) in [6, 6.07) is 0. The van der Waals surface area contributed by atoms with Gasteiger partial charge >= 0.3 is 0 Å². The number of anilines is 1. The van der Waals surface area contributed by atoms with E-state index in [1.807, 2.05) is 6.92 Å². The van der Waals surface area contributed by atoms with E-state index < -0.39 is 0 Å². The van der Waals surface area contributed by atoms with Crippen LogP contribution >= 0.6 is 0 Å². The van der Waals surface area contributed by atoms with Crippen LogP contribution in [0.1, 0.15) is 39.8 Å². The first kappa shape index (κ1) is 14.7. The van der Waals surface area contributed by atoms with Crippen LogP contribution in [0, 0.1) is 5.92 Å². The molecule has 1 amide bonds. The Labute approximate surface area is 126 Å². The number of aromatic amines is 1. The molecule has 3 rings (SSSR count). The normalized spacial score (nSPS) is 21.6. The molecule has 0 aromatic carbocycles. The van der Waals surface area contributed by atoms with Crippen molar-refractivity contribution >= 4 is 23.0 Å². The molecule has 3 heterocycles. The zero-order valence-corrected chi connectivity index (χ0v) is 12.8. The molecule has 2 N–H and O–H groups in total. The fourth-order valence-corrected chi connectivity index (χ4v) is 2.44. The van der Waals surface area contributed by atoms with E-state index in [-0.39, 0.29) is 41.2 Å². The monoisotopic (exact) mass is 305 g/mol. The number of rotatable bonds is 3. The predicted octanol–water partition coefficient (Wildman–Crippen LogP) is 1.41. The van der Waals surface area contributed by atoms with Gasteiger partial charge in [-0.3, -0.25) is 24.5 Å². The summed E-state index contributed by atoms with van der Waals surface area (Å²) >= 11 is 0. The summed E-state index contributed by atoms with van der Waals surface area (Å²) in [5.41, 5.74) is 0.279. The first-order valence-electron chi connectivity index (χ1n) is 7.39. The van der Waals surface area contributed by atoms with Gasteiger partial charge in [0, 0.05) is 5.92 Å². The van der Waals surface area contributed by atoms with Crippen molar-refractivity contribution in [2.45, 2.75) is 45.9 Å². The van der Waals surface area contributed by atoms with Crippen molar-refractivity contribution in [3.63, 3.8) is 0 Å². The molecule has 0 radical (unpaired) electrons. The van der Waals surface area contributed by atoms with Gasteiger partial charge in [0.05, 0.1) is 12.4 Å². The van der Waals surface area contributed by atoms with Crippen molar-refractivity contribution in [2.75, 3.05) is 5.32 Å². The maximum atomic E-state index is 12.1. The predicted molar refractivity (Wildman–Crippen MR) is 80.4 cm³/mol. The van der Waals surface area contributed by atoms with E-state index in [9.17, 15) is 9.59 Å². The van der Waals surface area contributed by atoms with Crippen LogP contribution in [0.3, 0.4) is 0 Å². The molecule has 22 heavy (non-hydrogen) atoms. The van der Waals surface area contributed by atoms with Gasteiger partial charge in [-0.05, 0) is 19.8 Å². The maximum absolute atomic E-state index is 12.1. The van der Waals surface area contributed by atoms with Gasteiger partial charge in [0.2, 0.25) is 11.9 Å². The maximum Gasteiger partial charge on any atom is 0.280 e. The van der Waals surface area contributed by atoms with Crippen molar-refractivity contribution < 1.29 is 9.53 Å². The molecule has 0 aliphatic carbocycles. The Morgan fingerprint density at radius 1 is 1.50 bits per heavy atom. The number of nitrogens with zero attached hydrogens (tertiary/aromatic N) is 3. The quantitative estimate of drug-likeness (QED) is 0.892. The Balaban J connectivity index is 2.00. The van der Waals surface area contributed by atoms with Gasteiger partial charge in [0.1, 0.15) is 6.23 Å². The van der Waals surface area contributed by atoms with Crippen molar-refractivity contribution in [1.29, 1.82) is 0 Å². The summed E-state index contributed by atoms with van der Waals surface area (Å²) in [6.45, 7) is 5.54. The Hall–Kier alpha value is -2.22. The van der Waals surface area contributed by atoms with E-state index in [0.717, 1.165) is 12.8 Å². The molecule has 0 spiro atoms. The van der Waals surface area contributed by atoms with Crippen molar-refractivity contribution in [3.8, 4) is 0 Å². The lowest BCUT2D eigenvalue weighted by molar-refractivity contribution is -0.118. The van der Waals surface area contributed by atoms with E-state index in [4.69, 9.17) is 4.74 Å². The van der Waals surface area contributed by atoms with E-state index in [1.54, 1.807) is 24.7 Å². The fourth-order valence-electron chi connectivity index (χ4n) is 2.44. The highest BCUT2D eigenvalue weighted by atomic mass is 16.5. The van der Waals surface area contributed by atoms with E-state index >= 15 is 0 Å². The molecule has 1 aliphatic rings. The summed E-state index contributed by atoms with van der Waals surface area (Å²) < 4.78 is 7.55. The second kappa shape index (κ2) is 5.53. The molecule has 1 fully saturated rings. The van der Waals surface area contributed by atoms with Gasteiger partial charge < -0.3 is 4.74 Å². The molecule has 8 heteroatoms. The van der Waals surface area contributed by atoms with Gasteiger partial charge in [-0.2, -0.15) is 4.98 Å². The zero-order valence-electron chi connectivity index (χ0n) is 12.8. The van der Waals surface area contributed by atoms with Gasteiger partial charge in [0.25, 0.3) is 5.56 Å². The number of ether oxygens (including phenoxy) is 1. The number of carbonyl (C=O) groups is 1. The summed E-state index contributed by atoms with van der Waals surface area (Å²) in [5.74, 6) is -0.284. The Bertz CT molecular complexity index is 763. The lowest BCUT2D eigenvalue weighted by atomic mass is 10.2. The van der Waals surface area contributed by atoms with Crippen LogP contribution in [-0.4, -0.2) is 31.5 Å². The summed E-state index contributed by atoms with van der Waals surface area (Å²) in [6.07, 6.45) is 3.34.